The minimum Gasteiger partial charge on any atom is -0.368 e. The number of hydrogen-bond donors (Lipinski definition) is 2. The lowest BCUT2D eigenvalue weighted by atomic mass is 10.1. The fourth-order valence-electron chi connectivity index (χ4n) is 1.99. The quantitative estimate of drug-likeness (QED) is 0.821. The highest BCUT2D eigenvalue weighted by molar-refractivity contribution is 5.86. The first-order valence-electron chi connectivity index (χ1n) is 5.37. The van der Waals surface area contributed by atoms with Gasteiger partial charge < -0.3 is 16.0 Å². The topological polar surface area (TPSA) is 74.0 Å². The molecule has 0 saturated heterocycles. The van der Waals surface area contributed by atoms with Gasteiger partial charge >= 0.3 is 0 Å². The van der Waals surface area contributed by atoms with Crippen molar-refractivity contribution in [3.8, 4) is 0 Å². The van der Waals surface area contributed by atoms with Crippen molar-refractivity contribution in [1.82, 2.24) is 4.57 Å². The number of halogens is 1. The summed E-state index contributed by atoms with van der Waals surface area (Å²) in [5.41, 5.74) is 12.4. The zero-order chi connectivity index (χ0) is 12.4. The summed E-state index contributed by atoms with van der Waals surface area (Å²) < 4.78 is 14.9. The molecule has 17 heavy (non-hydrogen) atoms. The zero-order valence-electron chi connectivity index (χ0n) is 9.32. The summed E-state index contributed by atoms with van der Waals surface area (Å²) in [4.78, 5) is 10.9. The van der Waals surface area contributed by atoms with Gasteiger partial charge in [-0.1, -0.05) is 0 Å². The maximum absolute atomic E-state index is 13.2. The van der Waals surface area contributed by atoms with Gasteiger partial charge in [-0.05, 0) is 36.7 Å². The number of carbonyl (C=O) groups excluding carboxylic acids is 1. The SMILES string of the molecule is NCCc1cn(CC(N)=O)c2cc(F)ccc12. The lowest BCUT2D eigenvalue weighted by Gasteiger charge is -2.01. The fourth-order valence-corrected chi connectivity index (χ4v) is 1.99. The number of aromatic nitrogens is 1. The van der Waals surface area contributed by atoms with Crippen LogP contribution < -0.4 is 11.5 Å². The van der Waals surface area contributed by atoms with Crippen molar-refractivity contribution < 1.29 is 9.18 Å². The first kappa shape index (κ1) is 11.6. The molecule has 0 radical (unpaired) electrons. The van der Waals surface area contributed by atoms with Gasteiger partial charge in [0.2, 0.25) is 5.91 Å². The summed E-state index contributed by atoms with van der Waals surface area (Å²) in [7, 11) is 0. The van der Waals surface area contributed by atoms with Crippen LogP contribution in [0.5, 0.6) is 0 Å². The van der Waals surface area contributed by atoms with Crippen LogP contribution in [0.2, 0.25) is 0 Å². The van der Waals surface area contributed by atoms with Gasteiger partial charge in [-0.2, -0.15) is 0 Å². The number of carbonyl (C=O) groups is 1. The normalized spacial score (nSPS) is 10.9. The molecule has 1 heterocycles. The molecule has 4 N–H and O–H groups in total. The monoisotopic (exact) mass is 235 g/mol. The van der Waals surface area contributed by atoms with Crippen LogP contribution in [0.3, 0.4) is 0 Å². The third-order valence-electron chi connectivity index (χ3n) is 2.67. The van der Waals surface area contributed by atoms with Gasteiger partial charge in [0.05, 0.1) is 5.52 Å². The van der Waals surface area contributed by atoms with Crippen LogP contribution in [0.1, 0.15) is 5.56 Å². The first-order valence-corrected chi connectivity index (χ1v) is 5.37. The largest absolute Gasteiger partial charge is 0.368 e. The van der Waals surface area contributed by atoms with Crippen molar-refractivity contribution >= 4 is 16.8 Å². The molecular weight excluding hydrogens is 221 g/mol. The van der Waals surface area contributed by atoms with Crippen LogP contribution >= 0.6 is 0 Å². The van der Waals surface area contributed by atoms with Crippen molar-refractivity contribution in [3.63, 3.8) is 0 Å². The third-order valence-corrected chi connectivity index (χ3v) is 2.67. The van der Waals surface area contributed by atoms with Crippen LogP contribution in [-0.2, 0) is 17.8 Å². The summed E-state index contributed by atoms with van der Waals surface area (Å²) in [6.45, 7) is 0.553. The average Bonchev–Trinajstić information content (AvgIpc) is 2.56. The average molecular weight is 235 g/mol. The molecule has 0 atom stereocenters. The predicted octanol–water partition coefficient (Wildman–Crippen LogP) is 0.767. The summed E-state index contributed by atoms with van der Waals surface area (Å²) in [6, 6.07) is 4.50. The molecule has 0 spiro atoms. The Bertz CT molecular complexity index is 562. The highest BCUT2D eigenvalue weighted by atomic mass is 19.1. The molecule has 0 aliphatic rings. The van der Waals surface area contributed by atoms with Crippen molar-refractivity contribution in [2.75, 3.05) is 6.54 Å². The molecule has 0 bridgehead atoms. The minimum atomic E-state index is -0.453. The molecule has 1 aromatic heterocycles. The van der Waals surface area contributed by atoms with Crippen LogP contribution in [0.15, 0.2) is 24.4 Å². The summed E-state index contributed by atoms with van der Waals surface area (Å²) in [5.74, 6) is -0.786. The van der Waals surface area contributed by atoms with Crippen molar-refractivity contribution in [2.45, 2.75) is 13.0 Å². The molecule has 5 heteroatoms. The van der Waals surface area contributed by atoms with Crippen molar-refractivity contribution in [3.05, 3.63) is 35.8 Å². The van der Waals surface area contributed by atoms with Crippen molar-refractivity contribution in [2.24, 2.45) is 11.5 Å². The van der Waals surface area contributed by atoms with Crippen LogP contribution in [0, 0.1) is 5.82 Å². The fraction of sp³-hybridized carbons (Fsp3) is 0.250. The maximum atomic E-state index is 13.2. The molecule has 0 saturated carbocycles. The Morgan fingerprint density at radius 3 is 2.82 bits per heavy atom. The number of fused-ring (bicyclic) bond motifs is 1. The van der Waals surface area contributed by atoms with E-state index in [0.29, 0.717) is 18.5 Å². The minimum absolute atomic E-state index is 0.0462. The number of nitrogens with two attached hydrogens (primary N) is 2. The van der Waals surface area contributed by atoms with E-state index in [9.17, 15) is 9.18 Å². The lowest BCUT2D eigenvalue weighted by molar-refractivity contribution is -0.118. The third kappa shape index (κ3) is 2.29. The molecule has 0 fully saturated rings. The number of benzene rings is 1. The van der Waals surface area contributed by atoms with E-state index in [1.165, 1.54) is 12.1 Å². The second kappa shape index (κ2) is 4.55. The number of primary amides is 1. The van der Waals surface area contributed by atoms with Gasteiger partial charge in [0, 0.05) is 11.6 Å². The van der Waals surface area contributed by atoms with Gasteiger partial charge in [-0.25, -0.2) is 4.39 Å². The Morgan fingerprint density at radius 2 is 2.18 bits per heavy atom. The van der Waals surface area contributed by atoms with E-state index in [4.69, 9.17) is 11.5 Å². The van der Waals surface area contributed by atoms with Crippen LogP contribution in [0.4, 0.5) is 4.39 Å². The Kier molecular flexibility index (Phi) is 3.10. The Balaban J connectivity index is 2.57. The van der Waals surface area contributed by atoms with E-state index < -0.39 is 5.91 Å². The number of nitrogens with zero attached hydrogens (tertiary/aromatic N) is 1. The summed E-state index contributed by atoms with van der Waals surface area (Å²) in [6.07, 6.45) is 2.50. The smallest absolute Gasteiger partial charge is 0.237 e. The van der Waals surface area contributed by atoms with Crippen LogP contribution in [0.25, 0.3) is 10.9 Å². The maximum Gasteiger partial charge on any atom is 0.237 e. The van der Waals surface area contributed by atoms with Gasteiger partial charge in [-0.15, -0.1) is 0 Å². The molecule has 0 unspecified atom stereocenters. The second-order valence-electron chi connectivity index (χ2n) is 3.95. The predicted molar refractivity (Wildman–Crippen MR) is 63.8 cm³/mol. The number of amides is 1. The molecule has 90 valence electrons. The van der Waals surface area contributed by atoms with E-state index in [0.717, 1.165) is 10.9 Å². The second-order valence-corrected chi connectivity index (χ2v) is 3.95. The van der Waals surface area contributed by atoms with E-state index in [1.54, 1.807) is 10.6 Å². The molecule has 2 aromatic rings. The highest BCUT2D eigenvalue weighted by Crippen LogP contribution is 2.22. The van der Waals surface area contributed by atoms with Gasteiger partial charge in [-0.3, -0.25) is 4.79 Å². The van der Waals surface area contributed by atoms with Gasteiger partial charge in [0.15, 0.2) is 0 Å². The Labute approximate surface area is 98.0 Å². The number of hydrogen-bond acceptors (Lipinski definition) is 2. The molecule has 2 rings (SSSR count). The standard InChI is InChI=1S/C12H14FN3O/c13-9-1-2-10-8(3-4-14)6-16(7-12(15)17)11(10)5-9/h1-2,5-6H,3-4,7,14H2,(H2,15,17). The molecule has 0 aliphatic heterocycles. The zero-order valence-corrected chi connectivity index (χ0v) is 9.32. The van der Waals surface area contributed by atoms with E-state index in [-0.39, 0.29) is 12.4 Å². The molecule has 0 aliphatic carbocycles. The molecule has 1 aromatic carbocycles. The van der Waals surface area contributed by atoms with Gasteiger partial charge in [0.25, 0.3) is 0 Å². The summed E-state index contributed by atoms with van der Waals surface area (Å²) >= 11 is 0. The van der Waals surface area contributed by atoms with Gasteiger partial charge in [0.1, 0.15) is 12.4 Å². The molecule has 1 amide bonds. The lowest BCUT2D eigenvalue weighted by Crippen LogP contribution is -2.18. The van der Waals surface area contributed by atoms with E-state index in [2.05, 4.69) is 0 Å². The van der Waals surface area contributed by atoms with Crippen molar-refractivity contribution in [1.29, 1.82) is 0 Å². The first-order chi connectivity index (χ1) is 8.11. The molecular formula is C12H14FN3O. The van der Waals surface area contributed by atoms with Crippen LogP contribution in [-0.4, -0.2) is 17.0 Å². The highest BCUT2D eigenvalue weighted by Gasteiger charge is 2.10. The molecule has 4 nitrogen and oxygen atoms in total. The van der Waals surface area contributed by atoms with E-state index >= 15 is 0 Å². The Morgan fingerprint density at radius 1 is 1.41 bits per heavy atom. The number of rotatable bonds is 4. The summed E-state index contributed by atoms with van der Waals surface area (Å²) in [5, 5.41) is 0.915. The van der Waals surface area contributed by atoms with E-state index in [1.807, 2.05) is 6.20 Å². The Hall–Kier alpha value is -1.88.